The number of hydrogen-bond donors (Lipinski definition) is 1. The third-order valence-electron chi connectivity index (χ3n) is 4.58. The smallest absolute Gasteiger partial charge is 0.115 e. The fourth-order valence-corrected chi connectivity index (χ4v) is 3.49. The van der Waals surface area contributed by atoms with Crippen LogP contribution in [0.2, 0.25) is 0 Å². The average molecular weight is 290 g/mol. The Morgan fingerprint density at radius 2 is 1.95 bits per heavy atom. The summed E-state index contributed by atoms with van der Waals surface area (Å²) >= 11 is 0. The number of aromatic nitrogens is 1. The first-order valence-corrected chi connectivity index (χ1v) is 7.79. The molecule has 4 rings (SSSR count). The van der Waals surface area contributed by atoms with Crippen LogP contribution in [-0.4, -0.2) is 21.8 Å². The quantitative estimate of drug-likeness (QED) is 0.913. The van der Waals surface area contributed by atoms with Gasteiger partial charge in [-0.15, -0.1) is 0 Å². The molecule has 1 aromatic heterocycles. The van der Waals surface area contributed by atoms with Crippen molar-refractivity contribution < 1.29 is 5.11 Å². The number of phenols is 1. The van der Waals surface area contributed by atoms with E-state index < -0.39 is 0 Å². The summed E-state index contributed by atoms with van der Waals surface area (Å²) in [5.74, 6) is 0.888. The van der Waals surface area contributed by atoms with Crippen molar-refractivity contribution in [2.75, 3.05) is 0 Å². The number of fused-ring (bicyclic) bond motifs is 2. The van der Waals surface area contributed by atoms with Gasteiger partial charge in [-0.1, -0.05) is 12.1 Å². The summed E-state index contributed by atoms with van der Waals surface area (Å²) < 4.78 is 0. The third kappa shape index (κ3) is 2.43. The molecule has 2 aliphatic rings. The molecule has 2 unspecified atom stereocenters. The van der Waals surface area contributed by atoms with Gasteiger partial charge < -0.3 is 5.11 Å². The highest BCUT2D eigenvalue weighted by Gasteiger charge is 2.34. The number of aliphatic imine (C=N–C) groups is 1. The number of phenolic OH excluding ortho intramolecular Hbond substituents is 1. The summed E-state index contributed by atoms with van der Waals surface area (Å²) in [4.78, 5) is 9.21. The van der Waals surface area contributed by atoms with Gasteiger partial charge in [-0.25, -0.2) is 0 Å². The van der Waals surface area contributed by atoms with Crippen molar-refractivity contribution in [1.29, 1.82) is 0 Å². The highest BCUT2D eigenvalue weighted by molar-refractivity contribution is 6.15. The minimum atomic E-state index is 0.299. The molecular weight excluding hydrogens is 272 g/mol. The summed E-state index contributed by atoms with van der Waals surface area (Å²) in [5.41, 5.74) is 4.62. The molecule has 0 amide bonds. The standard InChI is InChI=1S/C19H18N2O/c22-17-7-3-13(4-8-17)10-18-14-5-6-16(11-14)21-19(18)15-2-1-9-20-12-15/h1-4,7-10,12,14,16,22H,5-6,11H2. The zero-order chi connectivity index (χ0) is 14.9. The second kappa shape index (κ2) is 5.41. The largest absolute Gasteiger partial charge is 0.508 e. The van der Waals surface area contributed by atoms with E-state index in [9.17, 15) is 5.11 Å². The van der Waals surface area contributed by atoms with E-state index in [2.05, 4.69) is 17.1 Å². The molecule has 2 heterocycles. The third-order valence-corrected chi connectivity index (χ3v) is 4.58. The monoisotopic (exact) mass is 290 g/mol. The van der Waals surface area contributed by atoms with Gasteiger partial charge in [-0.3, -0.25) is 9.98 Å². The Hall–Kier alpha value is -2.42. The molecule has 3 heteroatoms. The van der Waals surface area contributed by atoms with Crippen LogP contribution in [-0.2, 0) is 0 Å². The summed E-state index contributed by atoms with van der Waals surface area (Å²) in [6.45, 7) is 0. The van der Waals surface area contributed by atoms with Gasteiger partial charge in [-0.05, 0) is 66.7 Å². The maximum Gasteiger partial charge on any atom is 0.115 e. The molecule has 1 aromatic carbocycles. The summed E-state index contributed by atoms with van der Waals surface area (Å²) in [5, 5.41) is 9.44. The number of benzene rings is 1. The normalized spacial score (nSPS) is 25.3. The van der Waals surface area contributed by atoms with E-state index in [1.807, 2.05) is 24.4 Å². The number of nitrogens with zero attached hydrogens (tertiary/aromatic N) is 2. The Balaban J connectivity index is 1.79. The van der Waals surface area contributed by atoms with E-state index in [4.69, 9.17) is 4.99 Å². The molecule has 2 atom stereocenters. The summed E-state index contributed by atoms with van der Waals surface area (Å²) in [6, 6.07) is 11.9. The van der Waals surface area contributed by atoms with E-state index in [1.165, 1.54) is 18.4 Å². The Morgan fingerprint density at radius 1 is 1.09 bits per heavy atom. The molecule has 22 heavy (non-hydrogen) atoms. The maximum atomic E-state index is 9.44. The van der Waals surface area contributed by atoms with Gasteiger partial charge in [0.25, 0.3) is 0 Å². The lowest BCUT2D eigenvalue weighted by atomic mass is 9.87. The highest BCUT2D eigenvalue weighted by Crippen LogP contribution is 2.40. The van der Waals surface area contributed by atoms with Crippen LogP contribution in [0.15, 0.2) is 59.4 Å². The highest BCUT2D eigenvalue weighted by atomic mass is 16.3. The van der Waals surface area contributed by atoms with Gasteiger partial charge in [0, 0.05) is 18.0 Å². The molecule has 1 aliphatic carbocycles. The fourth-order valence-electron chi connectivity index (χ4n) is 3.49. The van der Waals surface area contributed by atoms with Gasteiger partial charge in [0.1, 0.15) is 5.75 Å². The second-order valence-electron chi connectivity index (χ2n) is 6.07. The molecule has 3 nitrogen and oxygen atoms in total. The van der Waals surface area contributed by atoms with Crippen LogP contribution in [0.3, 0.4) is 0 Å². The van der Waals surface area contributed by atoms with E-state index in [1.54, 1.807) is 18.3 Å². The Morgan fingerprint density at radius 3 is 2.73 bits per heavy atom. The lowest BCUT2D eigenvalue weighted by molar-refractivity contribution is 0.475. The van der Waals surface area contributed by atoms with Crippen molar-refractivity contribution >= 4 is 11.8 Å². The zero-order valence-corrected chi connectivity index (χ0v) is 12.3. The van der Waals surface area contributed by atoms with Gasteiger partial charge in [-0.2, -0.15) is 0 Å². The van der Waals surface area contributed by atoms with E-state index in [0.29, 0.717) is 17.7 Å². The van der Waals surface area contributed by atoms with Crippen molar-refractivity contribution in [1.82, 2.24) is 4.98 Å². The number of hydrogen-bond acceptors (Lipinski definition) is 3. The van der Waals surface area contributed by atoms with Crippen molar-refractivity contribution in [3.05, 3.63) is 65.5 Å². The first-order valence-electron chi connectivity index (χ1n) is 7.79. The van der Waals surface area contributed by atoms with Gasteiger partial charge >= 0.3 is 0 Å². The molecule has 1 saturated carbocycles. The topological polar surface area (TPSA) is 45.5 Å². The lowest BCUT2D eigenvalue weighted by Gasteiger charge is -2.23. The van der Waals surface area contributed by atoms with E-state index in [0.717, 1.165) is 23.3 Å². The van der Waals surface area contributed by atoms with Crippen LogP contribution in [0, 0.1) is 5.92 Å². The molecule has 2 aromatic rings. The fraction of sp³-hybridized carbons (Fsp3) is 0.263. The van der Waals surface area contributed by atoms with Gasteiger partial charge in [0.05, 0.1) is 11.8 Å². The SMILES string of the molecule is Oc1ccc(C=C2C(c3cccnc3)=NC3CCC2C3)cc1. The molecule has 1 fully saturated rings. The van der Waals surface area contributed by atoms with Crippen LogP contribution in [0.25, 0.3) is 6.08 Å². The number of allylic oxidation sites excluding steroid dienone is 1. The number of pyridine rings is 1. The van der Waals surface area contributed by atoms with Crippen LogP contribution in [0.4, 0.5) is 0 Å². The number of aromatic hydroxyl groups is 1. The van der Waals surface area contributed by atoms with Crippen LogP contribution in [0.1, 0.15) is 30.4 Å². The first-order chi connectivity index (χ1) is 10.8. The molecule has 0 saturated heterocycles. The molecule has 2 bridgehead atoms. The predicted octanol–water partition coefficient (Wildman–Crippen LogP) is 3.84. The Bertz CT molecular complexity index is 732. The number of rotatable bonds is 2. The zero-order valence-electron chi connectivity index (χ0n) is 12.3. The molecular formula is C19H18N2O. The van der Waals surface area contributed by atoms with Crippen molar-refractivity contribution in [2.45, 2.75) is 25.3 Å². The van der Waals surface area contributed by atoms with Crippen LogP contribution < -0.4 is 0 Å². The Kier molecular flexibility index (Phi) is 3.26. The lowest BCUT2D eigenvalue weighted by Crippen LogP contribution is -2.20. The molecule has 110 valence electrons. The molecule has 0 radical (unpaired) electrons. The van der Waals surface area contributed by atoms with E-state index in [-0.39, 0.29) is 0 Å². The van der Waals surface area contributed by atoms with Crippen molar-refractivity contribution in [3.8, 4) is 5.75 Å². The van der Waals surface area contributed by atoms with Gasteiger partial charge in [0.15, 0.2) is 0 Å². The van der Waals surface area contributed by atoms with Gasteiger partial charge in [0.2, 0.25) is 0 Å². The minimum Gasteiger partial charge on any atom is -0.508 e. The summed E-state index contributed by atoms with van der Waals surface area (Å²) in [6.07, 6.45) is 9.47. The van der Waals surface area contributed by atoms with Crippen LogP contribution in [0.5, 0.6) is 5.75 Å². The predicted molar refractivity (Wildman–Crippen MR) is 88.0 cm³/mol. The van der Waals surface area contributed by atoms with E-state index >= 15 is 0 Å². The maximum absolute atomic E-state index is 9.44. The minimum absolute atomic E-state index is 0.299. The molecule has 0 spiro atoms. The van der Waals surface area contributed by atoms with Crippen molar-refractivity contribution in [3.63, 3.8) is 0 Å². The first kappa shape index (κ1) is 13.3. The average Bonchev–Trinajstić information content (AvgIpc) is 2.95. The van der Waals surface area contributed by atoms with Crippen LogP contribution >= 0.6 is 0 Å². The molecule has 1 aliphatic heterocycles. The second-order valence-corrected chi connectivity index (χ2v) is 6.07. The molecule has 1 N–H and O–H groups in total. The Labute approximate surface area is 130 Å². The summed E-state index contributed by atoms with van der Waals surface area (Å²) in [7, 11) is 0. The van der Waals surface area contributed by atoms with Crippen molar-refractivity contribution in [2.24, 2.45) is 10.9 Å².